The predicted molar refractivity (Wildman–Crippen MR) is 112 cm³/mol. The Morgan fingerprint density at radius 3 is 2.73 bits per heavy atom. The highest BCUT2D eigenvalue weighted by molar-refractivity contribution is 5.87. The normalized spacial score (nSPS) is 18.5. The van der Waals surface area contributed by atoms with Gasteiger partial charge in [0.15, 0.2) is 5.82 Å². The summed E-state index contributed by atoms with van der Waals surface area (Å²) in [6.07, 6.45) is 2.32. The van der Waals surface area contributed by atoms with E-state index in [1.807, 2.05) is 44.2 Å². The Bertz CT molecular complexity index is 840. The van der Waals surface area contributed by atoms with E-state index in [1.165, 1.54) is 6.33 Å². The number of amides is 3. The summed E-state index contributed by atoms with van der Waals surface area (Å²) in [4.78, 5) is 31.3. The van der Waals surface area contributed by atoms with Crippen molar-refractivity contribution in [3.05, 3.63) is 48.0 Å². The molecule has 9 heteroatoms. The van der Waals surface area contributed by atoms with Crippen molar-refractivity contribution >= 4 is 11.9 Å². The van der Waals surface area contributed by atoms with E-state index in [-0.39, 0.29) is 24.0 Å². The van der Waals surface area contributed by atoms with Crippen LogP contribution in [0.15, 0.2) is 36.7 Å². The third-order valence-electron chi connectivity index (χ3n) is 5.24. The lowest BCUT2D eigenvalue weighted by Crippen LogP contribution is -2.54. The summed E-state index contributed by atoms with van der Waals surface area (Å²) in [6.45, 7) is 7.34. The zero-order valence-corrected chi connectivity index (χ0v) is 17.7. The average Bonchev–Trinajstić information content (AvgIpc) is 3.22. The fraction of sp³-hybridized carbons (Fsp3) is 0.524. The molecule has 3 rings (SSSR count). The number of carbonyl (C=O) groups excluding carboxylic acids is 2. The molecule has 0 spiro atoms. The molecule has 162 valence electrons. The van der Waals surface area contributed by atoms with E-state index in [4.69, 9.17) is 4.74 Å². The minimum absolute atomic E-state index is 0.0597. The second-order valence-electron chi connectivity index (χ2n) is 7.53. The number of aromatic nitrogens is 3. The predicted octanol–water partition coefficient (Wildman–Crippen LogP) is 1.71. The first kappa shape index (κ1) is 21.8. The third-order valence-corrected chi connectivity index (χ3v) is 5.24. The van der Waals surface area contributed by atoms with Crippen LogP contribution in [-0.2, 0) is 16.1 Å². The zero-order valence-electron chi connectivity index (χ0n) is 17.7. The van der Waals surface area contributed by atoms with E-state index in [2.05, 4.69) is 20.7 Å². The quantitative estimate of drug-likeness (QED) is 0.718. The Hall–Kier alpha value is -2.94. The molecular formula is C21H30N6O3. The monoisotopic (exact) mass is 414 g/mol. The molecule has 2 heterocycles. The van der Waals surface area contributed by atoms with E-state index in [1.54, 1.807) is 16.5 Å². The molecule has 9 nitrogen and oxygen atoms in total. The molecule has 2 N–H and O–H groups in total. The maximum Gasteiger partial charge on any atom is 0.318 e. The van der Waals surface area contributed by atoms with Gasteiger partial charge < -0.3 is 20.3 Å². The molecule has 3 unspecified atom stereocenters. The summed E-state index contributed by atoms with van der Waals surface area (Å²) in [5, 5.41) is 10.0. The minimum Gasteiger partial charge on any atom is -0.377 e. The van der Waals surface area contributed by atoms with Gasteiger partial charge >= 0.3 is 6.03 Å². The van der Waals surface area contributed by atoms with Gasteiger partial charge in [0, 0.05) is 12.6 Å². The number of ether oxygens (including phenoxy) is 1. The summed E-state index contributed by atoms with van der Waals surface area (Å²) < 4.78 is 7.41. The van der Waals surface area contributed by atoms with Gasteiger partial charge in [-0.1, -0.05) is 37.3 Å². The van der Waals surface area contributed by atoms with E-state index in [9.17, 15) is 9.59 Å². The first-order valence-corrected chi connectivity index (χ1v) is 10.4. The van der Waals surface area contributed by atoms with Gasteiger partial charge in [-0.15, -0.1) is 0 Å². The van der Waals surface area contributed by atoms with Crippen molar-refractivity contribution in [2.75, 3.05) is 19.8 Å². The fourth-order valence-electron chi connectivity index (χ4n) is 3.27. The number of rotatable bonds is 7. The molecule has 0 aliphatic carbocycles. The van der Waals surface area contributed by atoms with Gasteiger partial charge in [-0.3, -0.25) is 4.79 Å². The Balaban J connectivity index is 1.70. The van der Waals surface area contributed by atoms with Gasteiger partial charge in [-0.25, -0.2) is 14.5 Å². The highest BCUT2D eigenvalue weighted by Gasteiger charge is 2.33. The molecular weight excluding hydrogens is 384 g/mol. The first-order chi connectivity index (χ1) is 14.5. The number of nitrogens with zero attached hydrogens (tertiary/aromatic N) is 4. The van der Waals surface area contributed by atoms with Crippen LogP contribution in [0.3, 0.4) is 0 Å². The molecule has 1 aliphatic heterocycles. The van der Waals surface area contributed by atoms with Crippen molar-refractivity contribution in [3.8, 4) is 0 Å². The standard InChI is InChI=1S/C21H30N6O3/c1-4-15(2)24-20(28)16(3)25-21(29)26-10-11-30-13-18(26)19-22-14-23-27(19)12-17-8-6-5-7-9-17/h5-9,14-16,18H,4,10-13H2,1-3H3,(H,24,28)(H,25,29). The number of benzene rings is 1. The average molecular weight is 415 g/mol. The molecule has 1 fully saturated rings. The molecule has 3 amide bonds. The lowest BCUT2D eigenvalue weighted by molar-refractivity contribution is -0.123. The van der Waals surface area contributed by atoms with Gasteiger partial charge in [0.1, 0.15) is 18.4 Å². The van der Waals surface area contributed by atoms with E-state index < -0.39 is 6.04 Å². The molecule has 30 heavy (non-hydrogen) atoms. The number of hydrogen-bond donors (Lipinski definition) is 2. The van der Waals surface area contributed by atoms with Gasteiger partial charge in [-0.05, 0) is 25.8 Å². The van der Waals surface area contributed by atoms with Gasteiger partial charge in [0.2, 0.25) is 5.91 Å². The van der Waals surface area contributed by atoms with Crippen LogP contribution in [0.25, 0.3) is 0 Å². The van der Waals surface area contributed by atoms with Gasteiger partial charge in [0.05, 0.1) is 19.8 Å². The molecule has 1 saturated heterocycles. The zero-order chi connectivity index (χ0) is 21.5. The maximum atomic E-state index is 13.0. The van der Waals surface area contributed by atoms with Crippen molar-refractivity contribution in [2.45, 2.75) is 51.9 Å². The molecule has 1 aromatic heterocycles. The molecule has 1 aliphatic rings. The maximum absolute atomic E-state index is 13.0. The number of carbonyl (C=O) groups is 2. The van der Waals surface area contributed by atoms with Crippen molar-refractivity contribution in [3.63, 3.8) is 0 Å². The molecule has 2 aromatic rings. The Morgan fingerprint density at radius 1 is 1.23 bits per heavy atom. The van der Waals surface area contributed by atoms with Crippen LogP contribution in [0.2, 0.25) is 0 Å². The Morgan fingerprint density at radius 2 is 2.00 bits per heavy atom. The Kier molecular flexibility index (Phi) is 7.40. The largest absolute Gasteiger partial charge is 0.377 e. The van der Waals surface area contributed by atoms with Crippen LogP contribution in [0.5, 0.6) is 0 Å². The second-order valence-corrected chi connectivity index (χ2v) is 7.53. The van der Waals surface area contributed by atoms with E-state index in [0.717, 1.165) is 12.0 Å². The third kappa shape index (κ3) is 5.35. The van der Waals surface area contributed by atoms with Gasteiger partial charge in [-0.2, -0.15) is 5.10 Å². The molecule has 0 radical (unpaired) electrons. The smallest absolute Gasteiger partial charge is 0.318 e. The molecule has 0 saturated carbocycles. The second kappa shape index (κ2) is 10.2. The van der Waals surface area contributed by atoms with Gasteiger partial charge in [0.25, 0.3) is 0 Å². The first-order valence-electron chi connectivity index (χ1n) is 10.4. The van der Waals surface area contributed by atoms with Crippen molar-refractivity contribution in [1.29, 1.82) is 0 Å². The van der Waals surface area contributed by atoms with Crippen molar-refractivity contribution in [2.24, 2.45) is 0 Å². The highest BCUT2D eigenvalue weighted by atomic mass is 16.5. The van der Waals surface area contributed by atoms with Crippen molar-refractivity contribution in [1.82, 2.24) is 30.3 Å². The van der Waals surface area contributed by atoms with Crippen LogP contribution in [0, 0.1) is 0 Å². The topological polar surface area (TPSA) is 101 Å². The lowest BCUT2D eigenvalue weighted by atomic mass is 10.2. The van der Waals surface area contributed by atoms with Crippen LogP contribution in [0.1, 0.15) is 44.6 Å². The van der Waals surface area contributed by atoms with Crippen molar-refractivity contribution < 1.29 is 14.3 Å². The summed E-state index contributed by atoms with van der Waals surface area (Å²) in [7, 11) is 0. The summed E-state index contributed by atoms with van der Waals surface area (Å²) in [5.74, 6) is 0.458. The molecule has 3 atom stereocenters. The summed E-state index contributed by atoms with van der Waals surface area (Å²) in [5.41, 5.74) is 1.09. The van der Waals surface area contributed by atoms with E-state index in [0.29, 0.717) is 32.1 Å². The summed E-state index contributed by atoms with van der Waals surface area (Å²) >= 11 is 0. The Labute approximate surface area is 176 Å². The summed E-state index contributed by atoms with van der Waals surface area (Å²) in [6, 6.07) is 8.67. The molecule has 0 bridgehead atoms. The molecule has 1 aromatic carbocycles. The lowest BCUT2D eigenvalue weighted by Gasteiger charge is -2.35. The van der Waals surface area contributed by atoms with Crippen LogP contribution >= 0.6 is 0 Å². The minimum atomic E-state index is -0.641. The van der Waals surface area contributed by atoms with Crippen LogP contribution in [-0.4, -0.2) is 63.4 Å². The number of hydrogen-bond acceptors (Lipinski definition) is 5. The van der Waals surface area contributed by atoms with E-state index >= 15 is 0 Å². The number of nitrogens with one attached hydrogen (secondary N) is 2. The fourth-order valence-corrected chi connectivity index (χ4v) is 3.27. The highest BCUT2D eigenvalue weighted by Crippen LogP contribution is 2.23. The van der Waals surface area contributed by atoms with Crippen LogP contribution < -0.4 is 10.6 Å². The number of urea groups is 1. The van der Waals surface area contributed by atoms with Crippen LogP contribution in [0.4, 0.5) is 4.79 Å². The SMILES string of the molecule is CCC(C)NC(=O)C(C)NC(=O)N1CCOCC1c1ncnn1Cc1ccccc1. The number of morpholine rings is 1.